The molecule has 0 aromatic heterocycles. The van der Waals surface area contributed by atoms with Crippen LogP contribution in [0.15, 0.2) is 72.8 Å². The summed E-state index contributed by atoms with van der Waals surface area (Å²) in [5, 5.41) is 12.5. The van der Waals surface area contributed by atoms with E-state index in [1.54, 1.807) is 6.07 Å². The Balaban J connectivity index is 1.39. The Kier molecular flexibility index (Phi) is 7.36. The van der Waals surface area contributed by atoms with E-state index in [2.05, 4.69) is 23.2 Å². The van der Waals surface area contributed by atoms with Gasteiger partial charge in [-0.05, 0) is 35.7 Å². The van der Waals surface area contributed by atoms with Crippen molar-refractivity contribution >= 4 is 17.5 Å². The van der Waals surface area contributed by atoms with Crippen LogP contribution in [0.5, 0.6) is 0 Å². The van der Waals surface area contributed by atoms with Gasteiger partial charge in [-0.1, -0.05) is 61.5 Å². The maximum Gasteiger partial charge on any atom is 0.254 e. The van der Waals surface area contributed by atoms with E-state index in [9.17, 15) is 14.9 Å². The van der Waals surface area contributed by atoms with Gasteiger partial charge in [0.25, 0.3) is 5.91 Å². The second-order valence-electron chi connectivity index (χ2n) is 8.33. The highest BCUT2D eigenvalue weighted by Gasteiger charge is 2.25. The monoisotopic (exact) mass is 452 g/mol. The van der Waals surface area contributed by atoms with Crippen LogP contribution in [-0.4, -0.2) is 54.3 Å². The maximum atomic E-state index is 13.4. The second-order valence-corrected chi connectivity index (χ2v) is 8.33. The van der Waals surface area contributed by atoms with E-state index in [4.69, 9.17) is 0 Å². The Morgan fingerprint density at radius 1 is 0.882 bits per heavy atom. The molecule has 0 spiro atoms. The molecule has 3 aromatic rings. The molecule has 1 heterocycles. The number of anilines is 1. The van der Waals surface area contributed by atoms with E-state index in [0.717, 1.165) is 28.8 Å². The molecule has 0 unspecified atom stereocenters. The van der Waals surface area contributed by atoms with Crippen molar-refractivity contribution in [1.29, 1.82) is 5.26 Å². The van der Waals surface area contributed by atoms with Gasteiger partial charge >= 0.3 is 0 Å². The Labute approximate surface area is 200 Å². The van der Waals surface area contributed by atoms with E-state index in [0.29, 0.717) is 43.9 Å². The molecule has 0 aliphatic carbocycles. The molecule has 3 aromatic carbocycles. The minimum atomic E-state index is -0.0516. The molecule has 2 amide bonds. The third-order valence-corrected chi connectivity index (χ3v) is 6.19. The highest BCUT2D eigenvalue weighted by atomic mass is 16.2. The summed E-state index contributed by atoms with van der Waals surface area (Å²) in [7, 11) is 0. The van der Waals surface area contributed by atoms with E-state index in [1.807, 2.05) is 71.6 Å². The zero-order valence-electron chi connectivity index (χ0n) is 19.3. The number of rotatable bonds is 6. The highest BCUT2D eigenvalue weighted by molar-refractivity contribution is 6.01. The van der Waals surface area contributed by atoms with Crippen molar-refractivity contribution in [3.63, 3.8) is 0 Å². The first-order valence-electron chi connectivity index (χ1n) is 11.6. The molecule has 0 atom stereocenters. The average Bonchev–Trinajstić information content (AvgIpc) is 2.89. The quantitative estimate of drug-likeness (QED) is 0.609. The van der Waals surface area contributed by atoms with Crippen LogP contribution in [0.1, 0.15) is 28.4 Å². The lowest BCUT2D eigenvalue weighted by Crippen LogP contribution is -2.50. The van der Waals surface area contributed by atoms with Gasteiger partial charge in [0.15, 0.2) is 0 Å². The van der Waals surface area contributed by atoms with E-state index < -0.39 is 0 Å². The fraction of sp³-hybridized carbons (Fsp3) is 0.250. The molecule has 6 heteroatoms. The van der Waals surface area contributed by atoms with Crippen LogP contribution in [-0.2, 0) is 11.2 Å². The zero-order chi connectivity index (χ0) is 23.9. The Hall–Kier alpha value is -3.95. The van der Waals surface area contributed by atoms with Crippen LogP contribution in [0.2, 0.25) is 0 Å². The van der Waals surface area contributed by atoms with Crippen molar-refractivity contribution in [1.82, 2.24) is 9.80 Å². The van der Waals surface area contributed by atoms with Crippen LogP contribution in [0, 0.1) is 11.3 Å². The SMILES string of the molecule is CCc1ccccc1NC(=O)CN1CCN(C(=O)c2ccccc2-c2ccccc2C#N)CC1. The number of carbonyl (C=O) groups excluding carboxylic acids is 2. The number of amides is 2. The predicted octanol–water partition coefficient (Wildman–Crippen LogP) is 4.18. The van der Waals surface area contributed by atoms with Gasteiger partial charge in [0.2, 0.25) is 5.91 Å². The number of nitrogens with one attached hydrogen (secondary N) is 1. The van der Waals surface area contributed by atoms with Gasteiger partial charge in [-0.25, -0.2) is 0 Å². The van der Waals surface area contributed by atoms with Crippen LogP contribution in [0.25, 0.3) is 11.1 Å². The van der Waals surface area contributed by atoms with Gasteiger partial charge in [-0.15, -0.1) is 0 Å². The number of aryl methyl sites for hydroxylation is 1. The lowest BCUT2D eigenvalue weighted by Gasteiger charge is -2.34. The summed E-state index contributed by atoms with van der Waals surface area (Å²) in [6.45, 7) is 4.72. The first-order valence-corrected chi connectivity index (χ1v) is 11.6. The molecule has 1 saturated heterocycles. The molecule has 0 bridgehead atoms. The number of nitriles is 1. The van der Waals surface area contributed by atoms with Crippen LogP contribution >= 0.6 is 0 Å². The number of carbonyl (C=O) groups is 2. The first kappa shape index (κ1) is 23.2. The van der Waals surface area contributed by atoms with Gasteiger partial charge in [-0.2, -0.15) is 5.26 Å². The lowest BCUT2D eigenvalue weighted by molar-refractivity contribution is -0.117. The minimum absolute atomic E-state index is 0.0425. The second kappa shape index (κ2) is 10.8. The lowest BCUT2D eigenvalue weighted by atomic mass is 9.95. The van der Waals surface area contributed by atoms with Gasteiger partial charge in [-0.3, -0.25) is 14.5 Å². The van der Waals surface area contributed by atoms with Crippen LogP contribution < -0.4 is 5.32 Å². The molecule has 1 aliphatic heterocycles. The highest BCUT2D eigenvalue weighted by Crippen LogP contribution is 2.28. The summed E-state index contributed by atoms with van der Waals surface area (Å²) in [5.41, 5.74) is 4.63. The summed E-state index contributed by atoms with van der Waals surface area (Å²) in [4.78, 5) is 29.9. The average molecular weight is 453 g/mol. The normalized spacial score (nSPS) is 13.8. The molecule has 0 saturated carbocycles. The maximum absolute atomic E-state index is 13.4. The predicted molar refractivity (Wildman–Crippen MR) is 133 cm³/mol. The van der Waals surface area contributed by atoms with Crippen LogP contribution in [0.3, 0.4) is 0 Å². The third-order valence-electron chi connectivity index (χ3n) is 6.19. The van der Waals surface area contributed by atoms with E-state index in [1.165, 1.54) is 0 Å². The largest absolute Gasteiger partial charge is 0.336 e. The third kappa shape index (κ3) is 5.16. The molecular weight excluding hydrogens is 424 g/mol. The Morgan fingerprint density at radius 3 is 2.26 bits per heavy atom. The van der Waals surface area contributed by atoms with Gasteiger partial charge in [0, 0.05) is 43.0 Å². The van der Waals surface area contributed by atoms with E-state index >= 15 is 0 Å². The van der Waals surface area contributed by atoms with Crippen molar-refractivity contribution in [2.45, 2.75) is 13.3 Å². The summed E-state index contributed by atoms with van der Waals surface area (Å²) >= 11 is 0. The van der Waals surface area contributed by atoms with Gasteiger partial charge in [0.1, 0.15) is 0 Å². The smallest absolute Gasteiger partial charge is 0.254 e. The molecule has 172 valence electrons. The molecule has 1 N–H and O–H groups in total. The van der Waals surface area contributed by atoms with Crippen molar-refractivity contribution < 1.29 is 9.59 Å². The Bertz CT molecular complexity index is 1220. The number of hydrogen-bond acceptors (Lipinski definition) is 4. The van der Waals surface area contributed by atoms with Crippen molar-refractivity contribution in [3.8, 4) is 17.2 Å². The number of hydrogen-bond donors (Lipinski definition) is 1. The van der Waals surface area contributed by atoms with Gasteiger partial charge < -0.3 is 10.2 Å². The molecule has 1 aliphatic rings. The Morgan fingerprint density at radius 2 is 1.53 bits per heavy atom. The fourth-order valence-corrected chi connectivity index (χ4v) is 4.34. The van der Waals surface area contributed by atoms with E-state index in [-0.39, 0.29) is 11.8 Å². The summed E-state index contributed by atoms with van der Waals surface area (Å²) < 4.78 is 0. The standard InChI is InChI=1S/C28H28N4O2/c1-2-21-9-4-8-14-26(21)30-27(33)20-31-15-17-32(18-16-31)28(34)25-13-7-6-12-24(25)23-11-5-3-10-22(23)19-29/h3-14H,2,15-18,20H2,1H3,(H,30,33). The minimum Gasteiger partial charge on any atom is -0.336 e. The zero-order valence-corrected chi connectivity index (χ0v) is 19.3. The number of nitrogens with zero attached hydrogens (tertiary/aromatic N) is 3. The molecular formula is C28H28N4O2. The van der Waals surface area contributed by atoms with Crippen molar-refractivity contribution in [2.75, 3.05) is 38.0 Å². The van der Waals surface area contributed by atoms with Crippen LogP contribution in [0.4, 0.5) is 5.69 Å². The molecule has 4 rings (SSSR count). The van der Waals surface area contributed by atoms with Crippen molar-refractivity contribution in [3.05, 3.63) is 89.5 Å². The number of piperazine rings is 1. The molecule has 1 fully saturated rings. The fourth-order valence-electron chi connectivity index (χ4n) is 4.34. The topological polar surface area (TPSA) is 76.4 Å². The summed E-state index contributed by atoms with van der Waals surface area (Å²) in [6.07, 6.45) is 0.859. The van der Waals surface area contributed by atoms with Crippen molar-refractivity contribution in [2.24, 2.45) is 0 Å². The molecule has 34 heavy (non-hydrogen) atoms. The summed E-state index contributed by atoms with van der Waals surface area (Å²) in [5.74, 6) is -0.0940. The number of para-hydroxylation sites is 1. The summed E-state index contributed by atoms with van der Waals surface area (Å²) in [6, 6.07) is 24.8. The number of benzene rings is 3. The first-order chi connectivity index (χ1) is 16.6. The van der Waals surface area contributed by atoms with Gasteiger partial charge in [0.05, 0.1) is 18.2 Å². The molecule has 6 nitrogen and oxygen atoms in total. The molecule has 0 radical (unpaired) electrons.